The number of ketones is 1. The molecular weight excluding hydrogens is 480 g/mol. The summed E-state index contributed by atoms with van der Waals surface area (Å²) in [6.45, 7) is 10.1. The number of carbonyl (C=O) groups excluding carboxylic acids is 3. The van der Waals surface area contributed by atoms with E-state index in [-0.39, 0.29) is 22.7 Å². The molecule has 38 heavy (non-hydrogen) atoms. The average molecular weight is 513 g/mol. The Morgan fingerprint density at radius 1 is 0.947 bits per heavy atom. The van der Waals surface area contributed by atoms with Gasteiger partial charge in [0.1, 0.15) is 11.5 Å². The molecule has 1 atom stereocenters. The lowest BCUT2D eigenvalue weighted by molar-refractivity contribution is -0.132. The van der Waals surface area contributed by atoms with Gasteiger partial charge in [-0.1, -0.05) is 45.0 Å². The first-order valence-corrected chi connectivity index (χ1v) is 12.5. The van der Waals surface area contributed by atoms with Crippen molar-refractivity contribution in [1.29, 1.82) is 0 Å². The molecule has 0 aromatic heterocycles. The fourth-order valence-electron chi connectivity index (χ4n) is 4.52. The lowest BCUT2D eigenvalue weighted by Gasteiger charge is -2.27. The van der Waals surface area contributed by atoms with E-state index in [1.54, 1.807) is 48.5 Å². The van der Waals surface area contributed by atoms with Gasteiger partial charge in [-0.2, -0.15) is 0 Å². The molecule has 2 N–H and O–H groups in total. The van der Waals surface area contributed by atoms with Gasteiger partial charge in [0, 0.05) is 23.9 Å². The van der Waals surface area contributed by atoms with Gasteiger partial charge in [0.25, 0.3) is 11.7 Å². The van der Waals surface area contributed by atoms with Crippen LogP contribution in [0, 0.1) is 0 Å². The molecule has 0 aliphatic carbocycles. The normalized spacial score (nSPS) is 17.0. The SMILES string of the molecule is CCOc1ccc(/C(O)=C2/C(=O)C(=O)N(c3ccc(NC(C)=O)cc3)C2c2ccc(C(C)(C)C)cc2)cc1. The number of hydrogen-bond donors (Lipinski definition) is 2. The fourth-order valence-corrected chi connectivity index (χ4v) is 4.52. The highest BCUT2D eigenvalue weighted by atomic mass is 16.5. The number of aliphatic hydroxyl groups is 1. The van der Waals surface area contributed by atoms with Crippen LogP contribution in [0.15, 0.2) is 78.4 Å². The van der Waals surface area contributed by atoms with Crippen molar-refractivity contribution in [2.45, 2.75) is 46.1 Å². The molecule has 1 saturated heterocycles. The number of anilines is 2. The Labute approximate surface area is 222 Å². The summed E-state index contributed by atoms with van der Waals surface area (Å²) in [6.07, 6.45) is 0. The summed E-state index contributed by atoms with van der Waals surface area (Å²) in [6, 6.07) is 20.3. The zero-order valence-corrected chi connectivity index (χ0v) is 22.2. The molecule has 1 fully saturated rings. The summed E-state index contributed by atoms with van der Waals surface area (Å²) in [5.41, 5.74) is 3.16. The molecule has 0 radical (unpaired) electrons. The number of nitrogens with zero attached hydrogens (tertiary/aromatic N) is 1. The predicted octanol–water partition coefficient (Wildman–Crippen LogP) is 5.97. The molecule has 3 aromatic rings. The van der Waals surface area contributed by atoms with Crippen LogP contribution in [0.5, 0.6) is 5.75 Å². The van der Waals surface area contributed by atoms with Crippen molar-refractivity contribution in [2.24, 2.45) is 0 Å². The molecule has 2 amide bonds. The average Bonchev–Trinajstić information content (AvgIpc) is 3.14. The van der Waals surface area contributed by atoms with E-state index in [1.807, 2.05) is 31.2 Å². The quantitative estimate of drug-likeness (QED) is 0.241. The second-order valence-electron chi connectivity index (χ2n) is 10.2. The van der Waals surface area contributed by atoms with Gasteiger partial charge in [0.2, 0.25) is 5.91 Å². The lowest BCUT2D eigenvalue weighted by Crippen LogP contribution is -2.29. The Kier molecular flexibility index (Phi) is 7.39. The maximum atomic E-state index is 13.4. The Balaban J connectivity index is 1.85. The number of carbonyl (C=O) groups is 3. The number of amides is 2. The maximum absolute atomic E-state index is 13.4. The Bertz CT molecular complexity index is 1380. The van der Waals surface area contributed by atoms with E-state index in [2.05, 4.69) is 26.1 Å². The van der Waals surface area contributed by atoms with Crippen molar-refractivity contribution >= 4 is 34.7 Å². The van der Waals surface area contributed by atoms with Crippen LogP contribution in [-0.4, -0.2) is 29.3 Å². The molecule has 7 heteroatoms. The molecule has 1 unspecified atom stereocenters. The van der Waals surface area contributed by atoms with Crippen molar-refractivity contribution in [3.8, 4) is 5.75 Å². The standard InChI is InChI=1S/C31H32N2O5/c1-6-38-25-17-9-21(10-18-25)28(35)26-27(20-7-11-22(12-8-20)31(3,4)5)33(30(37)29(26)36)24-15-13-23(14-16-24)32-19(2)34/h7-18,27,35H,6H2,1-5H3,(H,32,34)/b28-26-. The minimum Gasteiger partial charge on any atom is -0.507 e. The van der Waals surface area contributed by atoms with E-state index in [0.717, 1.165) is 5.56 Å². The zero-order chi connectivity index (χ0) is 27.6. The molecule has 0 saturated carbocycles. The van der Waals surface area contributed by atoms with Crippen molar-refractivity contribution in [3.05, 3.63) is 95.1 Å². The molecule has 1 heterocycles. The van der Waals surface area contributed by atoms with Crippen molar-refractivity contribution in [1.82, 2.24) is 0 Å². The van der Waals surface area contributed by atoms with Crippen LogP contribution in [0.1, 0.15) is 57.4 Å². The van der Waals surface area contributed by atoms with Crippen LogP contribution < -0.4 is 15.0 Å². The number of ether oxygens (including phenoxy) is 1. The molecule has 0 bridgehead atoms. The molecule has 0 spiro atoms. The van der Waals surface area contributed by atoms with Gasteiger partial charge in [-0.05, 0) is 72.0 Å². The van der Waals surface area contributed by atoms with Crippen molar-refractivity contribution in [3.63, 3.8) is 0 Å². The van der Waals surface area contributed by atoms with Crippen LogP contribution in [0.3, 0.4) is 0 Å². The highest BCUT2D eigenvalue weighted by Crippen LogP contribution is 2.43. The number of hydrogen-bond acceptors (Lipinski definition) is 5. The van der Waals surface area contributed by atoms with Gasteiger partial charge in [0.05, 0.1) is 18.2 Å². The van der Waals surface area contributed by atoms with Crippen LogP contribution in [0.2, 0.25) is 0 Å². The number of nitrogens with one attached hydrogen (secondary N) is 1. The summed E-state index contributed by atoms with van der Waals surface area (Å²) in [5, 5.41) is 14.0. The third kappa shape index (κ3) is 5.32. The highest BCUT2D eigenvalue weighted by Gasteiger charge is 2.47. The van der Waals surface area contributed by atoms with E-state index < -0.39 is 17.7 Å². The van der Waals surface area contributed by atoms with E-state index in [4.69, 9.17) is 4.74 Å². The van der Waals surface area contributed by atoms with Gasteiger partial charge in [-0.25, -0.2) is 0 Å². The number of Topliss-reactive ketones (excluding diaryl/α,β-unsaturated/α-hetero) is 1. The highest BCUT2D eigenvalue weighted by molar-refractivity contribution is 6.51. The fraction of sp³-hybridized carbons (Fsp3) is 0.258. The predicted molar refractivity (Wildman–Crippen MR) is 148 cm³/mol. The summed E-state index contributed by atoms with van der Waals surface area (Å²) in [4.78, 5) is 39.6. The van der Waals surface area contributed by atoms with Gasteiger partial charge in [-0.15, -0.1) is 0 Å². The third-order valence-electron chi connectivity index (χ3n) is 6.44. The number of benzene rings is 3. The first kappa shape index (κ1) is 26.7. The van der Waals surface area contributed by atoms with E-state index in [1.165, 1.54) is 11.8 Å². The number of aliphatic hydroxyl groups excluding tert-OH is 1. The van der Waals surface area contributed by atoms with Crippen LogP contribution >= 0.6 is 0 Å². The number of rotatable bonds is 6. The summed E-state index contributed by atoms with van der Waals surface area (Å²) < 4.78 is 5.49. The van der Waals surface area contributed by atoms with Crippen molar-refractivity contribution < 1.29 is 24.2 Å². The summed E-state index contributed by atoms with van der Waals surface area (Å²) >= 11 is 0. The smallest absolute Gasteiger partial charge is 0.300 e. The van der Waals surface area contributed by atoms with Gasteiger partial charge in [0.15, 0.2) is 0 Å². The summed E-state index contributed by atoms with van der Waals surface area (Å²) in [7, 11) is 0. The minimum absolute atomic E-state index is 0.00797. The maximum Gasteiger partial charge on any atom is 0.300 e. The molecule has 7 nitrogen and oxygen atoms in total. The Hall–Kier alpha value is -4.39. The molecule has 196 valence electrons. The zero-order valence-electron chi connectivity index (χ0n) is 22.2. The Morgan fingerprint density at radius 2 is 1.55 bits per heavy atom. The van der Waals surface area contributed by atoms with E-state index >= 15 is 0 Å². The second kappa shape index (κ2) is 10.5. The third-order valence-corrected chi connectivity index (χ3v) is 6.44. The van der Waals surface area contributed by atoms with Crippen molar-refractivity contribution in [2.75, 3.05) is 16.8 Å². The second-order valence-corrected chi connectivity index (χ2v) is 10.2. The van der Waals surface area contributed by atoms with E-state index in [9.17, 15) is 19.5 Å². The lowest BCUT2D eigenvalue weighted by atomic mass is 9.85. The van der Waals surface area contributed by atoms with Gasteiger partial charge >= 0.3 is 0 Å². The molecule has 1 aliphatic rings. The van der Waals surface area contributed by atoms with Gasteiger partial charge in [-0.3, -0.25) is 19.3 Å². The topological polar surface area (TPSA) is 95.9 Å². The van der Waals surface area contributed by atoms with Crippen LogP contribution in [0.25, 0.3) is 5.76 Å². The van der Waals surface area contributed by atoms with Crippen LogP contribution in [0.4, 0.5) is 11.4 Å². The monoisotopic (exact) mass is 512 g/mol. The van der Waals surface area contributed by atoms with Crippen LogP contribution in [-0.2, 0) is 19.8 Å². The largest absolute Gasteiger partial charge is 0.507 e. The first-order chi connectivity index (χ1) is 18.0. The Morgan fingerprint density at radius 3 is 2.08 bits per heavy atom. The van der Waals surface area contributed by atoms with Gasteiger partial charge < -0.3 is 15.2 Å². The summed E-state index contributed by atoms with van der Waals surface area (Å²) in [5.74, 6) is -1.35. The molecular formula is C31H32N2O5. The first-order valence-electron chi connectivity index (χ1n) is 12.5. The molecule has 3 aromatic carbocycles. The minimum atomic E-state index is -0.845. The molecule has 4 rings (SSSR count). The molecule has 1 aliphatic heterocycles. The van der Waals surface area contributed by atoms with E-state index in [0.29, 0.717) is 34.9 Å².